The molecule has 1 saturated heterocycles. The van der Waals surface area contributed by atoms with Gasteiger partial charge in [-0.1, -0.05) is 12.1 Å². The lowest BCUT2D eigenvalue weighted by Gasteiger charge is -2.31. The summed E-state index contributed by atoms with van der Waals surface area (Å²) >= 11 is 0. The molecule has 1 fully saturated rings. The molecule has 2 heterocycles. The van der Waals surface area contributed by atoms with Crippen LogP contribution in [0.25, 0.3) is 5.69 Å². The average molecular weight is 371 g/mol. The summed E-state index contributed by atoms with van der Waals surface area (Å²) in [4.78, 5) is 29.9. The van der Waals surface area contributed by atoms with Gasteiger partial charge in [-0.3, -0.25) is 4.79 Å². The lowest BCUT2D eigenvalue weighted by atomic mass is 9.95. The number of ether oxygens (including phenoxy) is 1. The number of nitrogens with one attached hydrogen (secondary N) is 1. The van der Waals surface area contributed by atoms with Gasteiger partial charge in [-0.2, -0.15) is 5.10 Å². The Hall–Kier alpha value is -2.90. The number of amides is 2. The number of hydrogen-bond donors (Lipinski definition) is 1. The highest BCUT2D eigenvalue weighted by atomic mass is 16.6. The number of carbonyl (C=O) groups excluding carboxylic acids is 2. The van der Waals surface area contributed by atoms with Crippen molar-refractivity contribution in [2.75, 3.05) is 19.7 Å². The predicted molar refractivity (Wildman–Crippen MR) is 99.2 cm³/mol. The van der Waals surface area contributed by atoms with E-state index >= 15 is 0 Å². The van der Waals surface area contributed by atoms with Gasteiger partial charge in [0.25, 0.3) is 0 Å². The predicted octanol–water partition coefficient (Wildman–Crippen LogP) is 2.31. The maximum atomic E-state index is 12.6. The fourth-order valence-electron chi connectivity index (χ4n) is 3.21. The Balaban J connectivity index is 1.51. The molecule has 1 aromatic heterocycles. The standard InChI is InChI=1S/C19H25N5O3/c1-3-27-19(26)23-10-8-16(9-11-23)18(25)22-14(2)15-4-6-17(7-5-15)24-13-20-12-21-24/h4-7,12-14,16H,3,8-11H2,1-2H3,(H,22,25). The molecule has 8 nitrogen and oxygen atoms in total. The summed E-state index contributed by atoms with van der Waals surface area (Å²) in [6.45, 7) is 5.23. The summed E-state index contributed by atoms with van der Waals surface area (Å²) in [6.07, 6.45) is 4.15. The second-order valence-electron chi connectivity index (χ2n) is 6.62. The molecule has 2 aromatic rings. The third kappa shape index (κ3) is 4.64. The number of hydrogen-bond acceptors (Lipinski definition) is 5. The fourth-order valence-corrected chi connectivity index (χ4v) is 3.21. The molecule has 0 radical (unpaired) electrons. The molecule has 1 aliphatic rings. The molecule has 1 unspecified atom stereocenters. The first-order chi connectivity index (χ1) is 13.1. The van der Waals surface area contributed by atoms with Crippen LogP contribution in [-0.4, -0.2) is 51.4 Å². The SMILES string of the molecule is CCOC(=O)N1CCC(C(=O)NC(C)c2ccc(-n3cncn3)cc2)CC1. The normalized spacial score (nSPS) is 16.0. The molecule has 1 aliphatic heterocycles. The highest BCUT2D eigenvalue weighted by molar-refractivity contribution is 5.79. The zero-order valence-electron chi connectivity index (χ0n) is 15.7. The molecule has 144 valence electrons. The first kappa shape index (κ1) is 18.9. The van der Waals surface area contributed by atoms with Gasteiger partial charge in [0.1, 0.15) is 12.7 Å². The number of piperidine rings is 1. The maximum Gasteiger partial charge on any atom is 0.409 e. The van der Waals surface area contributed by atoms with Crippen molar-refractivity contribution < 1.29 is 14.3 Å². The topological polar surface area (TPSA) is 89.4 Å². The molecule has 1 N–H and O–H groups in total. The van der Waals surface area contributed by atoms with Gasteiger partial charge in [0.15, 0.2) is 0 Å². The minimum Gasteiger partial charge on any atom is -0.450 e. The zero-order chi connectivity index (χ0) is 19.2. The number of aromatic nitrogens is 3. The highest BCUT2D eigenvalue weighted by Crippen LogP contribution is 2.21. The zero-order valence-corrected chi connectivity index (χ0v) is 15.7. The number of rotatable bonds is 5. The van der Waals surface area contributed by atoms with E-state index in [2.05, 4.69) is 15.4 Å². The summed E-state index contributed by atoms with van der Waals surface area (Å²) in [7, 11) is 0. The van der Waals surface area contributed by atoms with Crippen molar-refractivity contribution in [2.45, 2.75) is 32.7 Å². The second kappa shape index (κ2) is 8.66. The molecule has 0 bridgehead atoms. The van der Waals surface area contributed by atoms with Crippen LogP contribution in [0.5, 0.6) is 0 Å². The van der Waals surface area contributed by atoms with E-state index in [0.717, 1.165) is 11.3 Å². The Morgan fingerprint density at radius 2 is 1.96 bits per heavy atom. The van der Waals surface area contributed by atoms with Crippen LogP contribution in [0, 0.1) is 5.92 Å². The van der Waals surface area contributed by atoms with Gasteiger partial charge < -0.3 is 15.0 Å². The lowest BCUT2D eigenvalue weighted by molar-refractivity contribution is -0.127. The number of carbonyl (C=O) groups is 2. The van der Waals surface area contributed by atoms with Crippen LogP contribution in [0.3, 0.4) is 0 Å². The molecule has 0 aliphatic carbocycles. The monoisotopic (exact) mass is 371 g/mol. The van der Waals surface area contributed by atoms with Gasteiger partial charge in [-0.15, -0.1) is 0 Å². The highest BCUT2D eigenvalue weighted by Gasteiger charge is 2.28. The van der Waals surface area contributed by atoms with Crippen LogP contribution in [-0.2, 0) is 9.53 Å². The van der Waals surface area contributed by atoms with Crippen molar-refractivity contribution in [3.63, 3.8) is 0 Å². The third-order valence-electron chi connectivity index (χ3n) is 4.83. The smallest absolute Gasteiger partial charge is 0.409 e. The van der Waals surface area contributed by atoms with Crippen molar-refractivity contribution in [2.24, 2.45) is 5.92 Å². The van der Waals surface area contributed by atoms with Gasteiger partial charge in [0.2, 0.25) is 5.91 Å². The average Bonchev–Trinajstić information content (AvgIpc) is 3.23. The number of likely N-dealkylation sites (tertiary alicyclic amines) is 1. The fraction of sp³-hybridized carbons (Fsp3) is 0.474. The first-order valence-electron chi connectivity index (χ1n) is 9.25. The summed E-state index contributed by atoms with van der Waals surface area (Å²) in [5.41, 5.74) is 1.94. The van der Waals surface area contributed by atoms with E-state index in [1.165, 1.54) is 6.33 Å². The van der Waals surface area contributed by atoms with Crippen molar-refractivity contribution in [1.82, 2.24) is 25.0 Å². The summed E-state index contributed by atoms with van der Waals surface area (Å²) in [6, 6.07) is 7.76. The van der Waals surface area contributed by atoms with E-state index in [9.17, 15) is 9.59 Å². The Morgan fingerprint density at radius 1 is 1.26 bits per heavy atom. The maximum absolute atomic E-state index is 12.6. The molecule has 0 saturated carbocycles. The minimum absolute atomic E-state index is 0.0337. The van der Waals surface area contributed by atoms with Crippen LogP contribution >= 0.6 is 0 Å². The number of benzene rings is 1. The molecule has 1 atom stereocenters. The van der Waals surface area contributed by atoms with Crippen molar-refractivity contribution in [3.05, 3.63) is 42.5 Å². The van der Waals surface area contributed by atoms with Crippen molar-refractivity contribution in [3.8, 4) is 5.69 Å². The van der Waals surface area contributed by atoms with Crippen molar-refractivity contribution in [1.29, 1.82) is 0 Å². The van der Waals surface area contributed by atoms with Crippen LogP contribution in [0.4, 0.5) is 4.79 Å². The molecule has 3 rings (SSSR count). The van der Waals surface area contributed by atoms with Crippen molar-refractivity contribution >= 4 is 12.0 Å². The van der Waals surface area contributed by atoms with Gasteiger partial charge in [0.05, 0.1) is 18.3 Å². The Labute approximate surface area is 158 Å². The van der Waals surface area contributed by atoms with Crippen LogP contribution in [0.2, 0.25) is 0 Å². The van der Waals surface area contributed by atoms with Crippen LogP contribution in [0.15, 0.2) is 36.9 Å². The Bertz CT molecular complexity index is 752. The van der Waals surface area contributed by atoms with E-state index in [-0.39, 0.29) is 24.0 Å². The van der Waals surface area contributed by atoms with Gasteiger partial charge >= 0.3 is 6.09 Å². The molecular formula is C19H25N5O3. The number of nitrogens with zero attached hydrogens (tertiary/aromatic N) is 4. The molecule has 1 aromatic carbocycles. The molecule has 27 heavy (non-hydrogen) atoms. The second-order valence-corrected chi connectivity index (χ2v) is 6.62. The quantitative estimate of drug-likeness (QED) is 0.871. The summed E-state index contributed by atoms with van der Waals surface area (Å²) < 4.78 is 6.70. The third-order valence-corrected chi connectivity index (χ3v) is 4.83. The van der Waals surface area contributed by atoms with Gasteiger partial charge in [-0.25, -0.2) is 14.5 Å². The van der Waals surface area contributed by atoms with Gasteiger partial charge in [0, 0.05) is 19.0 Å². The molecule has 0 spiro atoms. The molecular weight excluding hydrogens is 346 g/mol. The van der Waals surface area contributed by atoms with E-state index in [1.54, 1.807) is 22.8 Å². The van der Waals surface area contributed by atoms with Crippen LogP contribution in [0.1, 0.15) is 38.3 Å². The molecule has 2 amide bonds. The van der Waals surface area contributed by atoms with E-state index in [0.29, 0.717) is 32.5 Å². The summed E-state index contributed by atoms with van der Waals surface area (Å²) in [5.74, 6) is -0.0427. The van der Waals surface area contributed by atoms with E-state index < -0.39 is 0 Å². The Morgan fingerprint density at radius 3 is 2.56 bits per heavy atom. The first-order valence-corrected chi connectivity index (χ1v) is 9.25. The van der Waals surface area contributed by atoms with Crippen LogP contribution < -0.4 is 5.32 Å². The minimum atomic E-state index is -0.294. The van der Waals surface area contributed by atoms with Gasteiger partial charge in [-0.05, 0) is 44.4 Å². The van der Waals surface area contributed by atoms with E-state index in [4.69, 9.17) is 4.74 Å². The largest absolute Gasteiger partial charge is 0.450 e. The molecule has 8 heteroatoms. The summed E-state index contributed by atoms with van der Waals surface area (Å²) in [5, 5.41) is 7.18. The van der Waals surface area contributed by atoms with E-state index in [1.807, 2.05) is 31.2 Å². The Kier molecular flexibility index (Phi) is 6.05. The lowest BCUT2D eigenvalue weighted by Crippen LogP contribution is -2.43.